The highest BCUT2D eigenvalue weighted by molar-refractivity contribution is 5.90. The zero-order valence-corrected chi connectivity index (χ0v) is 9.06. The molecule has 3 rings (SSSR count). The number of rotatable bonds is 1. The highest BCUT2D eigenvalue weighted by Gasteiger charge is 2.17. The second-order valence-electron chi connectivity index (χ2n) is 4.12. The fourth-order valence-electron chi connectivity index (χ4n) is 2.25. The summed E-state index contributed by atoms with van der Waals surface area (Å²) in [5.74, 6) is 1.35. The molecule has 2 aromatic rings. The van der Waals surface area contributed by atoms with Gasteiger partial charge in [0.2, 0.25) is 5.95 Å². The van der Waals surface area contributed by atoms with Crippen LogP contribution in [-0.2, 0) is 0 Å². The Bertz CT molecular complexity index is 517. The van der Waals surface area contributed by atoms with Gasteiger partial charge in [0.1, 0.15) is 5.82 Å². The van der Waals surface area contributed by atoms with E-state index in [1.54, 1.807) is 0 Å². The van der Waals surface area contributed by atoms with Crippen molar-refractivity contribution in [3.8, 4) is 0 Å². The SMILES string of the molecule is Nc1nc(N2CCCC2)c2ccccc2n1. The number of nitrogens with two attached hydrogens (primary N) is 1. The highest BCUT2D eigenvalue weighted by atomic mass is 15.2. The van der Waals surface area contributed by atoms with Gasteiger partial charge in [0.15, 0.2) is 0 Å². The van der Waals surface area contributed by atoms with Gasteiger partial charge in [-0.2, -0.15) is 4.98 Å². The Labute approximate surface area is 94.1 Å². The molecule has 1 aromatic heterocycles. The predicted octanol–water partition coefficient (Wildman–Crippen LogP) is 1.81. The van der Waals surface area contributed by atoms with E-state index in [2.05, 4.69) is 20.9 Å². The van der Waals surface area contributed by atoms with Crippen molar-refractivity contribution in [1.82, 2.24) is 9.97 Å². The van der Waals surface area contributed by atoms with Gasteiger partial charge in [-0.3, -0.25) is 0 Å². The number of benzene rings is 1. The van der Waals surface area contributed by atoms with Gasteiger partial charge in [-0.15, -0.1) is 0 Å². The van der Waals surface area contributed by atoms with Crippen LogP contribution in [0.3, 0.4) is 0 Å². The van der Waals surface area contributed by atoms with Crippen LogP contribution in [0.4, 0.5) is 11.8 Å². The molecule has 0 aliphatic carbocycles. The molecule has 0 saturated carbocycles. The van der Waals surface area contributed by atoms with Gasteiger partial charge in [-0.1, -0.05) is 12.1 Å². The minimum atomic E-state index is 0.362. The molecule has 4 heteroatoms. The monoisotopic (exact) mass is 214 g/mol. The molecule has 4 nitrogen and oxygen atoms in total. The van der Waals surface area contributed by atoms with E-state index in [0.717, 1.165) is 29.8 Å². The summed E-state index contributed by atoms with van der Waals surface area (Å²) in [4.78, 5) is 10.9. The molecule has 0 amide bonds. The van der Waals surface area contributed by atoms with Gasteiger partial charge in [-0.05, 0) is 25.0 Å². The average molecular weight is 214 g/mol. The third-order valence-corrected chi connectivity index (χ3v) is 3.01. The van der Waals surface area contributed by atoms with Crippen molar-refractivity contribution in [2.75, 3.05) is 23.7 Å². The van der Waals surface area contributed by atoms with Crippen LogP contribution in [0.25, 0.3) is 10.9 Å². The van der Waals surface area contributed by atoms with Crippen molar-refractivity contribution >= 4 is 22.7 Å². The maximum Gasteiger partial charge on any atom is 0.222 e. The molecule has 2 heterocycles. The molecule has 16 heavy (non-hydrogen) atoms. The number of nitrogen functional groups attached to an aromatic ring is 1. The van der Waals surface area contributed by atoms with Crippen LogP contribution in [0.2, 0.25) is 0 Å². The molecule has 1 aromatic carbocycles. The maximum absolute atomic E-state index is 5.74. The first-order valence-electron chi connectivity index (χ1n) is 5.62. The second-order valence-corrected chi connectivity index (χ2v) is 4.12. The van der Waals surface area contributed by atoms with Crippen molar-refractivity contribution in [3.05, 3.63) is 24.3 Å². The lowest BCUT2D eigenvalue weighted by atomic mass is 10.2. The molecule has 2 N–H and O–H groups in total. The van der Waals surface area contributed by atoms with Crippen LogP contribution in [0.5, 0.6) is 0 Å². The van der Waals surface area contributed by atoms with Gasteiger partial charge in [0.05, 0.1) is 5.52 Å². The standard InChI is InChI=1S/C12H14N4/c13-12-14-10-6-2-1-5-9(10)11(15-12)16-7-3-4-8-16/h1-2,5-6H,3-4,7-8H2,(H2,13,14,15). The summed E-state index contributed by atoms with van der Waals surface area (Å²) in [6.45, 7) is 2.14. The lowest BCUT2D eigenvalue weighted by Crippen LogP contribution is -2.20. The van der Waals surface area contributed by atoms with Crippen LogP contribution in [0.1, 0.15) is 12.8 Å². The molecule has 0 spiro atoms. The lowest BCUT2D eigenvalue weighted by molar-refractivity contribution is 0.942. The van der Waals surface area contributed by atoms with Crippen molar-refractivity contribution in [1.29, 1.82) is 0 Å². The first kappa shape index (κ1) is 9.39. The first-order valence-corrected chi connectivity index (χ1v) is 5.62. The first-order chi connectivity index (χ1) is 7.84. The molecule has 0 atom stereocenters. The van der Waals surface area contributed by atoms with E-state index >= 15 is 0 Å². The Morgan fingerprint density at radius 2 is 1.81 bits per heavy atom. The second kappa shape index (κ2) is 3.63. The minimum absolute atomic E-state index is 0.362. The van der Waals surface area contributed by atoms with Gasteiger partial charge in [-0.25, -0.2) is 4.98 Å². The Balaban J connectivity index is 2.21. The van der Waals surface area contributed by atoms with E-state index in [1.165, 1.54) is 12.8 Å². The zero-order chi connectivity index (χ0) is 11.0. The minimum Gasteiger partial charge on any atom is -0.368 e. The molecule has 1 aliphatic heterocycles. The average Bonchev–Trinajstić information content (AvgIpc) is 2.81. The Hall–Kier alpha value is -1.84. The third kappa shape index (κ3) is 1.46. The summed E-state index contributed by atoms with van der Waals surface area (Å²) in [6.07, 6.45) is 2.47. The van der Waals surface area contributed by atoms with Crippen molar-refractivity contribution in [2.24, 2.45) is 0 Å². The molecular formula is C12H14N4. The van der Waals surface area contributed by atoms with Crippen LogP contribution >= 0.6 is 0 Å². The van der Waals surface area contributed by atoms with E-state index in [9.17, 15) is 0 Å². The lowest BCUT2D eigenvalue weighted by Gasteiger charge is -2.18. The summed E-state index contributed by atoms with van der Waals surface area (Å²) in [5, 5.41) is 1.10. The summed E-state index contributed by atoms with van der Waals surface area (Å²) >= 11 is 0. The van der Waals surface area contributed by atoms with Gasteiger partial charge >= 0.3 is 0 Å². The largest absolute Gasteiger partial charge is 0.368 e. The zero-order valence-electron chi connectivity index (χ0n) is 9.06. The van der Waals surface area contributed by atoms with Gasteiger partial charge in [0, 0.05) is 18.5 Å². The Kier molecular flexibility index (Phi) is 2.13. The summed E-state index contributed by atoms with van der Waals surface area (Å²) in [5.41, 5.74) is 6.67. The molecule has 0 radical (unpaired) electrons. The number of para-hydroxylation sites is 1. The maximum atomic E-state index is 5.74. The van der Waals surface area contributed by atoms with Gasteiger partial charge < -0.3 is 10.6 Å². The van der Waals surface area contributed by atoms with Gasteiger partial charge in [0.25, 0.3) is 0 Å². The fourth-order valence-corrected chi connectivity index (χ4v) is 2.25. The quantitative estimate of drug-likeness (QED) is 0.786. The van der Waals surface area contributed by atoms with E-state index in [4.69, 9.17) is 5.73 Å². The molecule has 0 unspecified atom stereocenters. The van der Waals surface area contributed by atoms with E-state index in [1.807, 2.05) is 18.2 Å². The molecule has 82 valence electrons. The number of fused-ring (bicyclic) bond motifs is 1. The van der Waals surface area contributed by atoms with Crippen LogP contribution < -0.4 is 10.6 Å². The number of anilines is 2. The highest BCUT2D eigenvalue weighted by Crippen LogP contribution is 2.26. The van der Waals surface area contributed by atoms with Crippen molar-refractivity contribution in [2.45, 2.75) is 12.8 Å². The fraction of sp³-hybridized carbons (Fsp3) is 0.333. The normalized spacial score (nSPS) is 15.9. The number of aromatic nitrogens is 2. The molecule has 1 aliphatic rings. The van der Waals surface area contributed by atoms with Crippen LogP contribution in [-0.4, -0.2) is 23.1 Å². The molecule has 1 saturated heterocycles. The Morgan fingerprint density at radius 3 is 2.62 bits per heavy atom. The van der Waals surface area contributed by atoms with Crippen molar-refractivity contribution in [3.63, 3.8) is 0 Å². The smallest absolute Gasteiger partial charge is 0.222 e. The predicted molar refractivity (Wildman–Crippen MR) is 65.4 cm³/mol. The van der Waals surface area contributed by atoms with Crippen LogP contribution in [0.15, 0.2) is 24.3 Å². The summed E-state index contributed by atoms with van der Waals surface area (Å²) in [6, 6.07) is 8.03. The van der Waals surface area contributed by atoms with E-state index in [-0.39, 0.29) is 0 Å². The topological polar surface area (TPSA) is 55.0 Å². The summed E-state index contributed by atoms with van der Waals surface area (Å²) < 4.78 is 0. The number of hydrogen-bond acceptors (Lipinski definition) is 4. The molecule has 1 fully saturated rings. The Morgan fingerprint density at radius 1 is 1.06 bits per heavy atom. The third-order valence-electron chi connectivity index (χ3n) is 3.01. The molecule has 0 bridgehead atoms. The number of hydrogen-bond donors (Lipinski definition) is 1. The van der Waals surface area contributed by atoms with Crippen LogP contribution in [0, 0.1) is 0 Å². The van der Waals surface area contributed by atoms with Crippen molar-refractivity contribution < 1.29 is 0 Å². The van der Waals surface area contributed by atoms with E-state index < -0.39 is 0 Å². The summed E-state index contributed by atoms with van der Waals surface area (Å²) in [7, 11) is 0. The van der Waals surface area contributed by atoms with E-state index in [0.29, 0.717) is 5.95 Å². The molecular weight excluding hydrogens is 200 g/mol. The number of nitrogens with zero attached hydrogens (tertiary/aromatic N) is 3.